The molecule has 0 spiro atoms. The van der Waals surface area contributed by atoms with Crippen LogP contribution >= 0.6 is 0 Å². The van der Waals surface area contributed by atoms with Crippen LogP contribution in [-0.2, 0) is 17.9 Å². The van der Waals surface area contributed by atoms with E-state index in [1.807, 2.05) is 31.2 Å². The van der Waals surface area contributed by atoms with Crippen molar-refractivity contribution in [2.75, 3.05) is 12.8 Å². The maximum atomic E-state index is 12.0. The molecule has 1 aromatic carbocycles. The van der Waals surface area contributed by atoms with Crippen molar-refractivity contribution in [2.45, 2.75) is 20.0 Å². The van der Waals surface area contributed by atoms with Crippen molar-refractivity contribution in [3.63, 3.8) is 0 Å². The van der Waals surface area contributed by atoms with Gasteiger partial charge < -0.3 is 10.6 Å². The van der Waals surface area contributed by atoms with Crippen molar-refractivity contribution in [3.8, 4) is 0 Å². The highest BCUT2D eigenvalue weighted by Gasteiger charge is 2.10. The number of benzene rings is 1. The first-order chi connectivity index (χ1) is 9.04. The highest BCUT2D eigenvalue weighted by molar-refractivity contribution is 5.75. The molecule has 0 saturated carbocycles. The van der Waals surface area contributed by atoms with Crippen molar-refractivity contribution in [1.29, 1.82) is 0 Å². The molecule has 1 amide bonds. The number of nitrogens with two attached hydrogens (primary N) is 1. The summed E-state index contributed by atoms with van der Waals surface area (Å²) >= 11 is 0. The smallest absolute Gasteiger partial charge is 0.244 e. The van der Waals surface area contributed by atoms with Crippen molar-refractivity contribution < 1.29 is 4.79 Å². The molecule has 2 N–H and O–H groups in total. The second-order valence-corrected chi connectivity index (χ2v) is 4.71. The van der Waals surface area contributed by atoms with Gasteiger partial charge in [0.1, 0.15) is 6.54 Å². The van der Waals surface area contributed by atoms with E-state index in [1.54, 1.807) is 22.8 Å². The van der Waals surface area contributed by atoms with E-state index in [1.165, 1.54) is 11.8 Å². The molecule has 0 aliphatic carbocycles. The number of anilines is 1. The minimum atomic E-state index is 0.00340. The quantitative estimate of drug-likeness (QED) is 0.902. The molecule has 5 heteroatoms. The van der Waals surface area contributed by atoms with E-state index in [2.05, 4.69) is 5.10 Å². The first-order valence-corrected chi connectivity index (χ1v) is 6.12. The molecule has 19 heavy (non-hydrogen) atoms. The molecule has 0 unspecified atom stereocenters. The molecule has 1 heterocycles. The van der Waals surface area contributed by atoms with E-state index < -0.39 is 0 Å². The number of amides is 1. The van der Waals surface area contributed by atoms with E-state index in [0.717, 1.165) is 5.56 Å². The predicted molar refractivity (Wildman–Crippen MR) is 74.3 cm³/mol. The third-order valence-corrected chi connectivity index (χ3v) is 2.92. The Kier molecular flexibility index (Phi) is 3.85. The summed E-state index contributed by atoms with van der Waals surface area (Å²) in [5.74, 6) is 0.00340. The van der Waals surface area contributed by atoms with E-state index in [0.29, 0.717) is 12.2 Å². The van der Waals surface area contributed by atoms with Gasteiger partial charge in [0.15, 0.2) is 0 Å². The second kappa shape index (κ2) is 5.56. The van der Waals surface area contributed by atoms with Gasteiger partial charge in [0.05, 0.1) is 11.9 Å². The lowest BCUT2D eigenvalue weighted by Gasteiger charge is -2.17. The van der Waals surface area contributed by atoms with Crippen molar-refractivity contribution in [2.24, 2.45) is 0 Å². The number of carbonyl (C=O) groups is 1. The monoisotopic (exact) mass is 258 g/mol. The average Bonchev–Trinajstić information content (AvgIpc) is 2.77. The molecule has 0 radical (unpaired) electrons. The summed E-state index contributed by atoms with van der Waals surface area (Å²) in [6.45, 7) is 2.84. The summed E-state index contributed by atoms with van der Waals surface area (Å²) in [5.41, 5.74) is 8.45. The van der Waals surface area contributed by atoms with Gasteiger partial charge in [-0.15, -0.1) is 0 Å². The van der Waals surface area contributed by atoms with Crippen LogP contribution in [0.4, 0.5) is 5.69 Å². The largest absolute Gasteiger partial charge is 0.396 e. The molecule has 1 aromatic heterocycles. The fourth-order valence-electron chi connectivity index (χ4n) is 1.78. The summed E-state index contributed by atoms with van der Waals surface area (Å²) in [4.78, 5) is 13.7. The van der Waals surface area contributed by atoms with E-state index in [-0.39, 0.29) is 12.5 Å². The molecule has 100 valence electrons. The van der Waals surface area contributed by atoms with Crippen LogP contribution in [-0.4, -0.2) is 27.6 Å². The number of rotatable bonds is 4. The number of nitrogens with zero attached hydrogens (tertiary/aromatic N) is 3. The van der Waals surface area contributed by atoms with Crippen LogP contribution in [0.25, 0.3) is 0 Å². The summed E-state index contributed by atoms with van der Waals surface area (Å²) < 4.78 is 1.54. The Bertz CT molecular complexity index is 559. The molecular weight excluding hydrogens is 240 g/mol. The third-order valence-electron chi connectivity index (χ3n) is 2.92. The molecule has 0 atom stereocenters. The van der Waals surface area contributed by atoms with Gasteiger partial charge in [-0.25, -0.2) is 0 Å². The molecule has 2 rings (SSSR count). The van der Waals surface area contributed by atoms with E-state index in [9.17, 15) is 4.79 Å². The van der Waals surface area contributed by atoms with Crippen molar-refractivity contribution >= 4 is 11.6 Å². The van der Waals surface area contributed by atoms with Gasteiger partial charge in [0, 0.05) is 19.8 Å². The number of nitrogen functional groups attached to an aromatic ring is 1. The Hall–Kier alpha value is -2.30. The number of hydrogen-bond acceptors (Lipinski definition) is 3. The molecule has 0 fully saturated rings. The number of likely N-dealkylation sites (N-methyl/N-ethyl adjacent to an activating group) is 1. The fraction of sp³-hybridized carbons (Fsp3) is 0.286. The lowest BCUT2D eigenvalue weighted by molar-refractivity contribution is -0.131. The summed E-state index contributed by atoms with van der Waals surface area (Å²) in [6.07, 6.45) is 3.19. The van der Waals surface area contributed by atoms with Crippen LogP contribution in [0.5, 0.6) is 0 Å². The van der Waals surface area contributed by atoms with Crippen LogP contribution in [0.1, 0.15) is 11.1 Å². The molecule has 2 aromatic rings. The second-order valence-electron chi connectivity index (χ2n) is 4.71. The predicted octanol–water partition coefficient (Wildman–Crippen LogP) is 1.43. The van der Waals surface area contributed by atoms with Gasteiger partial charge in [-0.3, -0.25) is 9.48 Å². The molecule has 0 aliphatic heterocycles. The van der Waals surface area contributed by atoms with Gasteiger partial charge in [-0.2, -0.15) is 5.10 Å². The SMILES string of the molecule is Cc1ccc(CN(C)C(=O)Cn2cc(N)cn2)cc1. The maximum absolute atomic E-state index is 12.0. The van der Waals surface area contributed by atoms with Crippen LogP contribution in [0.3, 0.4) is 0 Å². The highest BCUT2D eigenvalue weighted by Crippen LogP contribution is 2.07. The van der Waals surface area contributed by atoms with Gasteiger partial charge in [0.25, 0.3) is 0 Å². The molecule has 0 aliphatic rings. The maximum Gasteiger partial charge on any atom is 0.244 e. The van der Waals surface area contributed by atoms with Crippen LogP contribution < -0.4 is 5.73 Å². The standard InChI is InChI=1S/C14H18N4O/c1-11-3-5-12(6-4-11)8-17(2)14(19)10-18-9-13(15)7-16-18/h3-7,9H,8,10,15H2,1-2H3. The normalized spacial score (nSPS) is 10.4. The Labute approximate surface area is 112 Å². The molecule has 0 saturated heterocycles. The highest BCUT2D eigenvalue weighted by atomic mass is 16.2. The van der Waals surface area contributed by atoms with Crippen LogP contribution in [0.15, 0.2) is 36.7 Å². The van der Waals surface area contributed by atoms with E-state index in [4.69, 9.17) is 5.73 Å². The first-order valence-electron chi connectivity index (χ1n) is 6.12. The Morgan fingerprint density at radius 2 is 2.05 bits per heavy atom. The summed E-state index contributed by atoms with van der Waals surface area (Å²) in [6, 6.07) is 8.15. The van der Waals surface area contributed by atoms with Gasteiger partial charge in [0.2, 0.25) is 5.91 Å². The Morgan fingerprint density at radius 1 is 1.37 bits per heavy atom. The number of aromatic nitrogens is 2. The molecular formula is C14H18N4O. The Morgan fingerprint density at radius 3 is 2.63 bits per heavy atom. The van der Waals surface area contributed by atoms with Crippen molar-refractivity contribution in [3.05, 3.63) is 47.8 Å². The minimum Gasteiger partial charge on any atom is -0.396 e. The average molecular weight is 258 g/mol. The van der Waals surface area contributed by atoms with Crippen LogP contribution in [0, 0.1) is 6.92 Å². The third kappa shape index (κ3) is 3.58. The zero-order valence-corrected chi connectivity index (χ0v) is 11.2. The molecule has 0 bridgehead atoms. The van der Waals surface area contributed by atoms with Gasteiger partial charge in [-0.1, -0.05) is 29.8 Å². The summed E-state index contributed by atoms with van der Waals surface area (Å²) in [5, 5.41) is 4.00. The zero-order chi connectivity index (χ0) is 13.8. The molecule has 5 nitrogen and oxygen atoms in total. The topological polar surface area (TPSA) is 64.2 Å². The first kappa shape index (κ1) is 13.1. The number of hydrogen-bond donors (Lipinski definition) is 1. The van der Waals surface area contributed by atoms with Crippen LogP contribution in [0.2, 0.25) is 0 Å². The summed E-state index contributed by atoms with van der Waals surface area (Å²) in [7, 11) is 1.79. The van der Waals surface area contributed by atoms with E-state index >= 15 is 0 Å². The lowest BCUT2D eigenvalue weighted by Crippen LogP contribution is -2.29. The van der Waals surface area contributed by atoms with Crippen molar-refractivity contribution in [1.82, 2.24) is 14.7 Å². The number of aryl methyl sites for hydroxylation is 1. The minimum absolute atomic E-state index is 0.00340. The fourth-order valence-corrected chi connectivity index (χ4v) is 1.78. The number of carbonyl (C=O) groups excluding carboxylic acids is 1. The zero-order valence-electron chi connectivity index (χ0n) is 11.2. The Balaban J connectivity index is 1.94. The van der Waals surface area contributed by atoms with Gasteiger partial charge in [-0.05, 0) is 12.5 Å². The van der Waals surface area contributed by atoms with Gasteiger partial charge >= 0.3 is 0 Å². The lowest BCUT2D eigenvalue weighted by atomic mass is 10.1.